The predicted octanol–water partition coefficient (Wildman–Crippen LogP) is 3.87. The number of ether oxygens (including phenoxy) is 2. The van der Waals surface area contributed by atoms with Gasteiger partial charge in [-0.05, 0) is 12.1 Å². The Morgan fingerprint density at radius 3 is 2.42 bits per heavy atom. The average Bonchev–Trinajstić information content (AvgIpc) is 2.56. The van der Waals surface area contributed by atoms with E-state index in [0.29, 0.717) is 27.4 Å². The van der Waals surface area contributed by atoms with E-state index in [1.54, 1.807) is 24.1 Å². The first-order chi connectivity index (χ1) is 8.47. The van der Waals surface area contributed by atoms with Crippen molar-refractivity contribution in [2.45, 2.75) is 6.10 Å². The first kappa shape index (κ1) is 16.7. The maximum Gasteiger partial charge on any atom is 0.284 e. The Bertz CT molecular complexity index is 464. The molecule has 1 aromatic rings. The summed E-state index contributed by atoms with van der Waals surface area (Å²) in [5, 5.41) is 8.62. The van der Waals surface area contributed by atoms with Crippen molar-refractivity contribution in [2.75, 3.05) is 20.2 Å². The first-order valence-electron chi connectivity index (χ1n) is 5.21. The Morgan fingerprint density at radius 1 is 1.37 bits per heavy atom. The van der Waals surface area contributed by atoms with Crippen LogP contribution >= 0.6 is 51.8 Å². The van der Waals surface area contributed by atoms with Crippen molar-refractivity contribution in [3.63, 3.8) is 0 Å². The van der Waals surface area contributed by atoms with Crippen LogP contribution in [0.1, 0.15) is 0 Å². The fraction of sp³-hybridized carbons (Fsp3) is 0.364. The second-order valence-electron chi connectivity index (χ2n) is 3.94. The summed E-state index contributed by atoms with van der Waals surface area (Å²) in [4.78, 5) is 1.69. The first-order valence-corrected chi connectivity index (χ1v) is 6.34. The van der Waals surface area contributed by atoms with Crippen LogP contribution in [0.3, 0.4) is 0 Å². The molecule has 0 spiro atoms. The number of hydrogen-bond acceptors (Lipinski definition) is 3. The molecule has 0 amide bonds. The van der Waals surface area contributed by atoms with Crippen molar-refractivity contribution in [1.82, 2.24) is 4.90 Å². The van der Waals surface area contributed by atoms with E-state index in [0.717, 1.165) is 0 Å². The van der Waals surface area contributed by atoms with E-state index in [1.165, 1.54) is 0 Å². The second-order valence-corrected chi connectivity index (χ2v) is 5.19. The van der Waals surface area contributed by atoms with E-state index in [2.05, 4.69) is 0 Å². The Balaban J connectivity index is 0.00000180. The van der Waals surface area contributed by atoms with Crippen molar-refractivity contribution < 1.29 is 9.47 Å². The molecular weight excluding hydrogens is 378 g/mol. The van der Waals surface area contributed by atoms with Gasteiger partial charge in [-0.2, -0.15) is 0 Å². The van der Waals surface area contributed by atoms with Crippen molar-refractivity contribution in [1.29, 1.82) is 5.41 Å². The van der Waals surface area contributed by atoms with Gasteiger partial charge in [0.15, 0.2) is 11.9 Å². The number of benzene rings is 1. The fourth-order valence-corrected chi connectivity index (χ4v) is 2.53. The van der Waals surface area contributed by atoms with Crippen LogP contribution in [0.25, 0.3) is 0 Å². The summed E-state index contributed by atoms with van der Waals surface area (Å²) in [6, 6.07) is 3.26. The molecule has 1 fully saturated rings. The predicted molar refractivity (Wildman–Crippen MR) is 82.5 cm³/mol. The van der Waals surface area contributed by atoms with Gasteiger partial charge in [0, 0.05) is 12.1 Å². The van der Waals surface area contributed by atoms with Crippen molar-refractivity contribution in [3.8, 4) is 5.75 Å². The quantitative estimate of drug-likeness (QED) is 0.852. The number of hydrogen-bond donors (Lipinski definition) is 1. The Labute approximate surface area is 136 Å². The summed E-state index contributed by atoms with van der Waals surface area (Å²) in [7, 11) is 1.78. The standard InChI is InChI=1S/C11H11Cl3N2O2.BrH/c1-16-4-7(18-11(16)15)5-17-10-8(13)2-6(12)3-9(10)14;/h2-3,7,15H,4-5H2,1H3;1H. The Hall–Kier alpha value is -0.360. The van der Waals surface area contributed by atoms with Gasteiger partial charge in [-0.15, -0.1) is 17.0 Å². The highest BCUT2D eigenvalue weighted by Crippen LogP contribution is 2.36. The van der Waals surface area contributed by atoms with Crippen LogP contribution in [0, 0.1) is 5.41 Å². The van der Waals surface area contributed by atoms with Crippen LogP contribution in [-0.4, -0.2) is 37.2 Å². The highest BCUT2D eigenvalue weighted by atomic mass is 79.9. The number of rotatable bonds is 3. The molecule has 19 heavy (non-hydrogen) atoms. The molecule has 1 saturated heterocycles. The zero-order valence-corrected chi connectivity index (χ0v) is 13.9. The molecular formula is C11H12BrCl3N2O2. The lowest BCUT2D eigenvalue weighted by Crippen LogP contribution is -2.23. The maximum absolute atomic E-state index is 7.46. The highest BCUT2D eigenvalue weighted by molar-refractivity contribution is 8.93. The molecule has 1 aromatic carbocycles. The van der Waals surface area contributed by atoms with Gasteiger partial charge in [-0.1, -0.05) is 34.8 Å². The van der Waals surface area contributed by atoms with Crippen molar-refractivity contribution in [2.24, 2.45) is 0 Å². The molecule has 1 aliphatic heterocycles. The van der Waals surface area contributed by atoms with Crippen molar-refractivity contribution >= 4 is 57.8 Å². The van der Waals surface area contributed by atoms with Crippen LogP contribution in [0.2, 0.25) is 15.1 Å². The number of nitrogens with one attached hydrogen (secondary N) is 1. The van der Waals surface area contributed by atoms with Crippen LogP contribution in [0.5, 0.6) is 5.75 Å². The Morgan fingerprint density at radius 2 is 1.95 bits per heavy atom. The van der Waals surface area contributed by atoms with Gasteiger partial charge < -0.3 is 14.4 Å². The van der Waals surface area contributed by atoms with E-state index >= 15 is 0 Å². The summed E-state index contributed by atoms with van der Waals surface area (Å²) < 4.78 is 10.8. The minimum absolute atomic E-state index is 0. The molecule has 4 nitrogen and oxygen atoms in total. The van der Waals surface area contributed by atoms with E-state index in [-0.39, 0.29) is 35.7 Å². The third-order valence-corrected chi connectivity index (χ3v) is 3.26. The zero-order chi connectivity index (χ0) is 13.3. The summed E-state index contributed by atoms with van der Waals surface area (Å²) >= 11 is 17.8. The van der Waals surface area contributed by atoms with Crippen LogP contribution in [0.15, 0.2) is 12.1 Å². The fourth-order valence-electron chi connectivity index (χ4n) is 1.60. The molecule has 0 aromatic heterocycles. The molecule has 106 valence electrons. The zero-order valence-electron chi connectivity index (χ0n) is 9.95. The highest BCUT2D eigenvalue weighted by Gasteiger charge is 2.26. The molecule has 0 aliphatic carbocycles. The van der Waals surface area contributed by atoms with Gasteiger partial charge in [0.05, 0.1) is 16.6 Å². The second kappa shape index (κ2) is 6.88. The van der Waals surface area contributed by atoms with Crippen molar-refractivity contribution in [3.05, 3.63) is 27.2 Å². The lowest BCUT2D eigenvalue weighted by molar-refractivity contribution is 0.145. The smallest absolute Gasteiger partial charge is 0.284 e. The van der Waals surface area contributed by atoms with Gasteiger partial charge >= 0.3 is 0 Å². The number of amidine groups is 1. The average molecular weight is 390 g/mol. The van der Waals surface area contributed by atoms with E-state index in [4.69, 9.17) is 49.7 Å². The lowest BCUT2D eigenvalue weighted by atomic mass is 10.3. The molecule has 0 saturated carbocycles. The Kier molecular flexibility index (Phi) is 6.05. The molecule has 0 radical (unpaired) electrons. The largest absolute Gasteiger partial charge is 0.487 e. The van der Waals surface area contributed by atoms with Gasteiger partial charge in [-0.3, -0.25) is 5.41 Å². The topological polar surface area (TPSA) is 45.6 Å². The molecule has 1 unspecified atom stereocenters. The van der Waals surface area contributed by atoms with E-state index in [1.807, 2.05) is 0 Å². The minimum Gasteiger partial charge on any atom is -0.487 e. The molecule has 1 atom stereocenters. The van der Waals surface area contributed by atoms with Gasteiger partial charge in [0.25, 0.3) is 6.02 Å². The van der Waals surface area contributed by atoms with Gasteiger partial charge in [0.1, 0.15) is 6.61 Å². The summed E-state index contributed by atoms with van der Waals surface area (Å²) in [6.07, 6.45) is -0.203. The molecule has 1 heterocycles. The van der Waals surface area contributed by atoms with Gasteiger partial charge in [-0.25, -0.2) is 0 Å². The molecule has 1 aliphatic rings. The van der Waals surface area contributed by atoms with Crippen LogP contribution < -0.4 is 4.74 Å². The molecule has 8 heteroatoms. The van der Waals surface area contributed by atoms with E-state index < -0.39 is 0 Å². The normalized spacial score (nSPS) is 18.0. The maximum atomic E-state index is 7.46. The lowest BCUT2D eigenvalue weighted by Gasteiger charge is -2.13. The molecule has 1 N–H and O–H groups in total. The van der Waals surface area contributed by atoms with Crippen LogP contribution in [-0.2, 0) is 4.74 Å². The third kappa shape index (κ3) is 4.05. The minimum atomic E-state index is -0.203. The van der Waals surface area contributed by atoms with Crippen LogP contribution in [0.4, 0.5) is 0 Å². The summed E-state index contributed by atoms with van der Waals surface area (Å²) in [6.45, 7) is 0.870. The summed E-state index contributed by atoms with van der Waals surface area (Å²) in [5.74, 6) is 0.382. The van der Waals surface area contributed by atoms with E-state index in [9.17, 15) is 0 Å². The molecule has 0 bridgehead atoms. The monoisotopic (exact) mass is 388 g/mol. The SMILES string of the molecule is Br.CN1CC(COc2c(Cl)cc(Cl)cc2Cl)OC1=N. The third-order valence-electron chi connectivity index (χ3n) is 2.48. The number of halogens is 4. The molecule has 2 rings (SSSR count). The van der Waals surface area contributed by atoms with Gasteiger partial charge in [0.2, 0.25) is 0 Å². The number of likely N-dealkylation sites (N-methyl/N-ethyl adjacent to an activating group) is 1. The summed E-state index contributed by atoms with van der Waals surface area (Å²) in [5.41, 5.74) is 0. The number of nitrogens with zero attached hydrogens (tertiary/aromatic N) is 1.